The third-order valence-electron chi connectivity index (χ3n) is 6.56. The van der Waals surface area contributed by atoms with E-state index in [1.165, 1.54) is 5.56 Å². The van der Waals surface area contributed by atoms with Crippen molar-refractivity contribution in [1.29, 1.82) is 0 Å². The normalized spacial score (nSPS) is 16.4. The smallest absolute Gasteiger partial charge is 0.478 e. The molecular formula is C26H29F3N2O5. The number of carbonyl (C=O) groups excluding carboxylic acids is 1. The molecule has 1 aliphatic heterocycles. The van der Waals surface area contributed by atoms with Crippen molar-refractivity contribution < 1.29 is 37.8 Å². The molecule has 2 aliphatic rings. The summed E-state index contributed by atoms with van der Waals surface area (Å²) < 4.78 is 31.7. The Morgan fingerprint density at radius 3 is 2.06 bits per heavy atom. The van der Waals surface area contributed by atoms with Crippen LogP contribution in [0.4, 0.5) is 24.5 Å². The molecular weight excluding hydrogens is 477 g/mol. The monoisotopic (exact) mass is 506 g/mol. The molecule has 2 aromatic carbocycles. The van der Waals surface area contributed by atoms with Crippen LogP contribution in [0.1, 0.15) is 48.0 Å². The molecule has 10 heteroatoms. The topological polar surface area (TPSA) is 107 Å². The summed E-state index contributed by atoms with van der Waals surface area (Å²) >= 11 is 0. The molecule has 3 N–H and O–H groups in total. The molecule has 1 saturated heterocycles. The van der Waals surface area contributed by atoms with Gasteiger partial charge in [0.05, 0.1) is 11.3 Å². The number of hydrogen-bond acceptors (Lipinski definition) is 4. The van der Waals surface area contributed by atoms with E-state index in [-0.39, 0.29) is 17.4 Å². The van der Waals surface area contributed by atoms with Crippen LogP contribution in [-0.2, 0) is 16.0 Å². The molecule has 0 atom stereocenters. The number of carboxylic acid groups (broad SMARTS) is 2. The number of piperidine rings is 1. The van der Waals surface area contributed by atoms with Crippen LogP contribution in [-0.4, -0.2) is 47.3 Å². The number of alkyl halides is 3. The highest BCUT2D eigenvalue weighted by atomic mass is 19.4. The average molecular weight is 507 g/mol. The van der Waals surface area contributed by atoms with Crippen molar-refractivity contribution in [2.45, 2.75) is 44.7 Å². The van der Waals surface area contributed by atoms with E-state index in [0.717, 1.165) is 57.3 Å². The summed E-state index contributed by atoms with van der Waals surface area (Å²) in [5.41, 5.74) is 2.87. The van der Waals surface area contributed by atoms with Gasteiger partial charge in [-0.25, -0.2) is 9.59 Å². The van der Waals surface area contributed by atoms with Gasteiger partial charge in [0.2, 0.25) is 5.91 Å². The van der Waals surface area contributed by atoms with Gasteiger partial charge in [0.25, 0.3) is 0 Å². The zero-order valence-corrected chi connectivity index (χ0v) is 19.6. The van der Waals surface area contributed by atoms with Crippen LogP contribution < -0.4 is 10.2 Å². The molecule has 0 aromatic heterocycles. The maximum Gasteiger partial charge on any atom is 0.490 e. The lowest BCUT2D eigenvalue weighted by molar-refractivity contribution is -0.192. The van der Waals surface area contributed by atoms with Crippen LogP contribution in [0.15, 0.2) is 48.5 Å². The fourth-order valence-electron chi connectivity index (χ4n) is 4.26. The number of carboxylic acids is 2. The van der Waals surface area contributed by atoms with Crippen LogP contribution in [0.25, 0.3) is 0 Å². The number of nitrogens with one attached hydrogen (secondary N) is 1. The molecule has 0 unspecified atom stereocenters. The van der Waals surface area contributed by atoms with Crippen LogP contribution in [0.5, 0.6) is 0 Å². The number of nitrogens with zero attached hydrogens (tertiary/aromatic N) is 1. The molecule has 1 heterocycles. The van der Waals surface area contributed by atoms with Gasteiger partial charge in [0.15, 0.2) is 0 Å². The minimum Gasteiger partial charge on any atom is -0.478 e. The number of aliphatic carboxylic acids is 1. The molecule has 2 aromatic rings. The van der Waals surface area contributed by atoms with Crippen molar-refractivity contribution in [2.24, 2.45) is 11.8 Å². The van der Waals surface area contributed by atoms with Crippen LogP contribution in [0, 0.1) is 11.8 Å². The number of rotatable bonds is 6. The Hall–Kier alpha value is -3.56. The molecule has 7 nitrogen and oxygen atoms in total. The fraction of sp³-hybridized carbons (Fsp3) is 0.423. The van der Waals surface area contributed by atoms with Gasteiger partial charge in [-0.05, 0) is 61.8 Å². The number of halogens is 3. The third-order valence-corrected chi connectivity index (χ3v) is 6.56. The first-order chi connectivity index (χ1) is 17.0. The van der Waals surface area contributed by atoms with Crippen molar-refractivity contribution in [3.8, 4) is 0 Å². The number of benzene rings is 2. The van der Waals surface area contributed by atoms with Gasteiger partial charge in [-0.3, -0.25) is 4.79 Å². The lowest BCUT2D eigenvalue weighted by Gasteiger charge is -2.34. The SMILES string of the molecule is O=C(O)C(F)(F)F.O=C(O)c1cc(N2CCC(Cc3ccccc3)CC2)ccc1NC(=O)C1CCC1. The molecule has 0 spiro atoms. The lowest BCUT2D eigenvalue weighted by Crippen LogP contribution is -2.34. The van der Waals surface area contributed by atoms with Gasteiger partial charge < -0.3 is 20.4 Å². The first kappa shape index (κ1) is 27.0. The largest absolute Gasteiger partial charge is 0.490 e. The number of hydrogen-bond donors (Lipinski definition) is 3. The summed E-state index contributed by atoms with van der Waals surface area (Å²) in [6, 6.07) is 16.0. The van der Waals surface area contributed by atoms with Crippen molar-refractivity contribution >= 4 is 29.2 Å². The van der Waals surface area contributed by atoms with Gasteiger partial charge in [0.1, 0.15) is 0 Å². The summed E-state index contributed by atoms with van der Waals surface area (Å²) in [6.45, 7) is 1.84. The lowest BCUT2D eigenvalue weighted by atomic mass is 9.84. The first-order valence-electron chi connectivity index (χ1n) is 11.8. The predicted octanol–water partition coefficient (Wildman–Crippen LogP) is 5.22. The summed E-state index contributed by atoms with van der Waals surface area (Å²) in [5, 5.41) is 19.6. The quantitative estimate of drug-likeness (QED) is 0.496. The number of aromatic carboxylic acids is 1. The first-order valence-corrected chi connectivity index (χ1v) is 11.8. The molecule has 1 amide bonds. The molecule has 2 fully saturated rings. The van der Waals surface area contributed by atoms with Gasteiger partial charge in [-0.2, -0.15) is 13.2 Å². The van der Waals surface area contributed by atoms with Crippen LogP contribution in [0.2, 0.25) is 0 Å². The molecule has 36 heavy (non-hydrogen) atoms. The Morgan fingerprint density at radius 1 is 0.944 bits per heavy atom. The molecule has 194 valence electrons. The van der Waals surface area contributed by atoms with E-state index in [9.17, 15) is 27.9 Å². The average Bonchev–Trinajstić information content (AvgIpc) is 2.79. The van der Waals surface area contributed by atoms with E-state index in [2.05, 4.69) is 34.5 Å². The second-order valence-electron chi connectivity index (χ2n) is 9.08. The van der Waals surface area contributed by atoms with Crippen molar-refractivity contribution in [3.05, 3.63) is 59.7 Å². The Bertz CT molecular complexity index is 1060. The summed E-state index contributed by atoms with van der Waals surface area (Å²) in [6.07, 6.45) is 1.06. The Labute approximate surface area is 206 Å². The van der Waals surface area contributed by atoms with E-state index >= 15 is 0 Å². The van der Waals surface area contributed by atoms with Crippen molar-refractivity contribution in [3.63, 3.8) is 0 Å². The van der Waals surface area contributed by atoms with Crippen LogP contribution in [0.3, 0.4) is 0 Å². The molecule has 1 aliphatic carbocycles. The second-order valence-corrected chi connectivity index (χ2v) is 9.08. The van der Waals surface area contributed by atoms with Gasteiger partial charge >= 0.3 is 18.1 Å². The molecule has 1 saturated carbocycles. The van der Waals surface area contributed by atoms with E-state index in [0.29, 0.717) is 11.6 Å². The van der Waals surface area contributed by atoms with Gasteiger partial charge in [-0.1, -0.05) is 36.8 Å². The van der Waals surface area contributed by atoms with E-state index in [1.54, 1.807) is 12.1 Å². The number of carbonyl (C=O) groups is 3. The highest BCUT2D eigenvalue weighted by Crippen LogP contribution is 2.31. The van der Waals surface area contributed by atoms with E-state index in [4.69, 9.17) is 9.90 Å². The molecule has 0 radical (unpaired) electrons. The number of amides is 1. The summed E-state index contributed by atoms with van der Waals surface area (Å²) in [4.78, 5) is 35.2. The van der Waals surface area contributed by atoms with Crippen molar-refractivity contribution in [1.82, 2.24) is 0 Å². The summed E-state index contributed by atoms with van der Waals surface area (Å²) in [5.74, 6) is -3.14. The maximum absolute atomic E-state index is 12.2. The van der Waals surface area contributed by atoms with Crippen molar-refractivity contribution in [2.75, 3.05) is 23.3 Å². The highest BCUT2D eigenvalue weighted by Gasteiger charge is 2.38. The Morgan fingerprint density at radius 2 is 1.56 bits per heavy atom. The molecule has 4 rings (SSSR count). The minimum absolute atomic E-state index is 0.0277. The number of anilines is 2. The Kier molecular flexibility index (Phi) is 8.95. The van der Waals surface area contributed by atoms with Gasteiger partial charge in [-0.15, -0.1) is 0 Å². The van der Waals surface area contributed by atoms with E-state index in [1.807, 2.05) is 12.1 Å². The minimum atomic E-state index is -5.08. The maximum atomic E-state index is 12.2. The van der Waals surface area contributed by atoms with Crippen LogP contribution >= 0.6 is 0 Å². The third kappa shape index (κ3) is 7.47. The van der Waals surface area contributed by atoms with E-state index < -0.39 is 18.1 Å². The summed E-state index contributed by atoms with van der Waals surface area (Å²) in [7, 11) is 0. The standard InChI is InChI=1S/C24H28N2O3.C2HF3O2/c27-23(19-7-4-8-19)25-22-10-9-20(16-21(22)24(28)29)26-13-11-18(12-14-26)15-17-5-2-1-3-6-17;3-2(4,5)1(6)7/h1-3,5-6,9-10,16,18-19H,4,7-8,11-15H2,(H,25,27)(H,28,29);(H,6,7). The zero-order valence-electron chi connectivity index (χ0n) is 19.6. The highest BCUT2D eigenvalue weighted by molar-refractivity contribution is 6.02. The zero-order chi connectivity index (χ0) is 26.3. The second kappa shape index (κ2) is 11.9. The molecule has 0 bridgehead atoms. The van der Waals surface area contributed by atoms with Gasteiger partial charge in [0, 0.05) is 24.7 Å². The fourth-order valence-corrected chi connectivity index (χ4v) is 4.26. The predicted molar refractivity (Wildman–Crippen MR) is 128 cm³/mol. The Balaban J connectivity index is 0.000000454.